The summed E-state index contributed by atoms with van der Waals surface area (Å²) in [6.45, 7) is 2.18. The molecule has 2 aromatic rings. The van der Waals surface area contributed by atoms with E-state index in [1.165, 1.54) is 22.5 Å². The molecule has 0 radical (unpaired) electrons. The third kappa shape index (κ3) is 4.39. The number of aliphatic hydroxyl groups excluding tert-OH is 1. The fraction of sp³-hybridized carbons (Fsp3) is 0.444. The lowest BCUT2D eigenvalue weighted by Gasteiger charge is -2.16. The second kappa shape index (κ2) is 7.23. The molecule has 3 rings (SSSR count). The fourth-order valence-electron chi connectivity index (χ4n) is 2.68. The van der Waals surface area contributed by atoms with Gasteiger partial charge in [-0.3, -0.25) is 4.79 Å². The van der Waals surface area contributed by atoms with Crippen LogP contribution in [-0.4, -0.2) is 28.6 Å². The van der Waals surface area contributed by atoms with Gasteiger partial charge in [0.25, 0.3) is 5.91 Å². The van der Waals surface area contributed by atoms with Crippen molar-refractivity contribution in [1.82, 2.24) is 10.3 Å². The molecule has 23 heavy (non-hydrogen) atoms. The lowest BCUT2D eigenvalue weighted by Crippen LogP contribution is -2.37. The molecule has 1 heterocycles. The number of rotatable bonds is 7. The Kier molecular flexibility index (Phi) is 5.08. The van der Waals surface area contributed by atoms with E-state index in [0.717, 1.165) is 24.3 Å². The molecule has 1 amide bonds. The molecule has 1 fully saturated rings. The largest absolute Gasteiger partial charge is 0.396 e. The van der Waals surface area contributed by atoms with Gasteiger partial charge < -0.3 is 10.4 Å². The number of carbonyl (C=O) groups excluding carboxylic acids is 1. The molecule has 1 aliphatic rings. The van der Waals surface area contributed by atoms with E-state index in [0.29, 0.717) is 18.0 Å². The summed E-state index contributed by atoms with van der Waals surface area (Å²) in [5, 5.41) is 14.9. The maximum absolute atomic E-state index is 12.3. The Morgan fingerprint density at radius 2 is 2.13 bits per heavy atom. The highest BCUT2D eigenvalue weighted by Crippen LogP contribution is 2.34. The lowest BCUT2D eigenvalue weighted by atomic mass is 10.1. The molecule has 1 aromatic heterocycles. The van der Waals surface area contributed by atoms with Crippen LogP contribution in [0.1, 0.15) is 45.9 Å². The number of nitrogens with one attached hydrogen (secondary N) is 1. The zero-order valence-electron chi connectivity index (χ0n) is 13.3. The minimum Gasteiger partial charge on any atom is -0.396 e. The number of aliphatic hydroxyl groups is 1. The molecule has 1 unspecified atom stereocenters. The molecular formula is C18H22N2O2S. The number of aromatic nitrogens is 1. The molecule has 1 aromatic carbocycles. The van der Waals surface area contributed by atoms with E-state index in [1.807, 2.05) is 5.38 Å². The van der Waals surface area contributed by atoms with Crippen LogP contribution in [0.25, 0.3) is 0 Å². The van der Waals surface area contributed by atoms with Gasteiger partial charge in [-0.2, -0.15) is 0 Å². The highest BCUT2D eigenvalue weighted by Gasteiger charge is 2.32. The predicted molar refractivity (Wildman–Crippen MR) is 91.8 cm³/mol. The lowest BCUT2D eigenvalue weighted by molar-refractivity contribution is 0.0919. The number of benzene rings is 1. The topological polar surface area (TPSA) is 62.2 Å². The van der Waals surface area contributed by atoms with Crippen LogP contribution in [0.3, 0.4) is 0 Å². The summed E-state index contributed by atoms with van der Waals surface area (Å²) in [7, 11) is 0. The van der Waals surface area contributed by atoms with E-state index in [9.17, 15) is 4.79 Å². The maximum Gasteiger partial charge on any atom is 0.270 e. The summed E-state index contributed by atoms with van der Waals surface area (Å²) in [5.41, 5.74) is 2.93. The Morgan fingerprint density at radius 3 is 2.78 bits per heavy atom. The second-order valence-electron chi connectivity index (χ2n) is 6.22. The Balaban J connectivity index is 1.61. The number of hydrogen-bond acceptors (Lipinski definition) is 4. The van der Waals surface area contributed by atoms with Crippen molar-refractivity contribution in [1.29, 1.82) is 0 Å². The standard InChI is InChI=1S/C18H22N2O2S/c1-12-2-4-13(5-3-12)10-17-19-16(11-23-17)18(22)20-15(8-9-21)14-6-7-14/h2-5,11,14-15,21H,6-10H2,1H3,(H,20,22). The predicted octanol–water partition coefficient (Wildman–Crippen LogP) is 2.93. The summed E-state index contributed by atoms with van der Waals surface area (Å²) < 4.78 is 0. The van der Waals surface area contributed by atoms with Crippen molar-refractivity contribution in [2.24, 2.45) is 5.92 Å². The van der Waals surface area contributed by atoms with Gasteiger partial charge in [0, 0.05) is 24.4 Å². The van der Waals surface area contributed by atoms with Gasteiger partial charge in [0.1, 0.15) is 5.69 Å². The van der Waals surface area contributed by atoms with Gasteiger partial charge in [-0.1, -0.05) is 29.8 Å². The van der Waals surface area contributed by atoms with E-state index < -0.39 is 0 Å². The normalized spacial score (nSPS) is 15.4. The molecule has 4 nitrogen and oxygen atoms in total. The molecule has 122 valence electrons. The summed E-state index contributed by atoms with van der Waals surface area (Å²) in [6, 6.07) is 8.45. The summed E-state index contributed by atoms with van der Waals surface area (Å²) in [5.74, 6) is 0.401. The average molecular weight is 330 g/mol. The number of carbonyl (C=O) groups is 1. The summed E-state index contributed by atoms with van der Waals surface area (Å²) in [6.07, 6.45) is 3.65. The molecule has 1 atom stereocenters. The molecule has 0 aliphatic heterocycles. The molecule has 0 bridgehead atoms. The second-order valence-corrected chi connectivity index (χ2v) is 7.16. The van der Waals surface area contributed by atoms with Gasteiger partial charge in [0.2, 0.25) is 0 Å². The first-order chi connectivity index (χ1) is 11.2. The number of thiazole rings is 1. The molecule has 1 saturated carbocycles. The first kappa shape index (κ1) is 16.1. The van der Waals surface area contributed by atoms with E-state index in [4.69, 9.17) is 5.11 Å². The Bertz CT molecular complexity index is 662. The Hall–Kier alpha value is -1.72. The van der Waals surface area contributed by atoms with Gasteiger partial charge >= 0.3 is 0 Å². The van der Waals surface area contributed by atoms with E-state index in [1.54, 1.807) is 0 Å². The van der Waals surface area contributed by atoms with Crippen molar-refractivity contribution in [3.8, 4) is 0 Å². The van der Waals surface area contributed by atoms with Gasteiger partial charge in [0.05, 0.1) is 5.01 Å². The first-order valence-corrected chi connectivity index (χ1v) is 8.95. The maximum atomic E-state index is 12.3. The van der Waals surface area contributed by atoms with Crippen LogP contribution < -0.4 is 5.32 Å². The molecule has 5 heteroatoms. The number of aryl methyl sites for hydroxylation is 1. The van der Waals surface area contributed by atoms with Crippen molar-refractivity contribution in [3.05, 3.63) is 51.5 Å². The Morgan fingerprint density at radius 1 is 1.39 bits per heavy atom. The quantitative estimate of drug-likeness (QED) is 0.820. The Labute approximate surface area is 140 Å². The third-order valence-electron chi connectivity index (χ3n) is 4.21. The minimum absolute atomic E-state index is 0.0785. The van der Waals surface area contributed by atoms with Gasteiger partial charge in [-0.25, -0.2) is 4.98 Å². The molecule has 2 N–H and O–H groups in total. The zero-order valence-corrected chi connectivity index (χ0v) is 14.1. The van der Waals surface area contributed by atoms with Gasteiger partial charge in [0.15, 0.2) is 0 Å². The van der Waals surface area contributed by atoms with E-state index in [2.05, 4.69) is 41.5 Å². The number of hydrogen-bond donors (Lipinski definition) is 2. The molecule has 0 spiro atoms. The van der Waals surface area contributed by atoms with Crippen LogP contribution in [-0.2, 0) is 6.42 Å². The van der Waals surface area contributed by atoms with Gasteiger partial charge in [-0.15, -0.1) is 11.3 Å². The fourth-order valence-corrected chi connectivity index (χ4v) is 3.49. The number of nitrogens with zero attached hydrogens (tertiary/aromatic N) is 1. The van der Waals surface area contributed by atoms with Crippen LogP contribution >= 0.6 is 11.3 Å². The summed E-state index contributed by atoms with van der Waals surface area (Å²) >= 11 is 1.52. The van der Waals surface area contributed by atoms with Crippen molar-refractivity contribution < 1.29 is 9.90 Å². The van der Waals surface area contributed by atoms with Gasteiger partial charge in [-0.05, 0) is 37.7 Å². The van der Waals surface area contributed by atoms with Crippen LogP contribution in [0.15, 0.2) is 29.6 Å². The average Bonchev–Trinajstić information content (AvgIpc) is 3.28. The minimum atomic E-state index is -0.123. The smallest absolute Gasteiger partial charge is 0.270 e. The van der Waals surface area contributed by atoms with Crippen molar-refractivity contribution in [2.75, 3.05) is 6.61 Å². The number of amides is 1. The molecular weight excluding hydrogens is 308 g/mol. The van der Waals surface area contributed by atoms with Crippen molar-refractivity contribution in [2.45, 2.75) is 38.6 Å². The van der Waals surface area contributed by atoms with Crippen LogP contribution in [0, 0.1) is 12.8 Å². The van der Waals surface area contributed by atoms with E-state index in [-0.39, 0.29) is 18.6 Å². The highest BCUT2D eigenvalue weighted by atomic mass is 32.1. The van der Waals surface area contributed by atoms with Crippen molar-refractivity contribution >= 4 is 17.2 Å². The molecule has 0 saturated heterocycles. The van der Waals surface area contributed by atoms with Crippen LogP contribution in [0.2, 0.25) is 0 Å². The van der Waals surface area contributed by atoms with Crippen LogP contribution in [0.5, 0.6) is 0 Å². The third-order valence-corrected chi connectivity index (χ3v) is 5.06. The highest BCUT2D eigenvalue weighted by molar-refractivity contribution is 7.09. The zero-order chi connectivity index (χ0) is 16.2. The first-order valence-electron chi connectivity index (χ1n) is 8.07. The monoisotopic (exact) mass is 330 g/mol. The molecule has 1 aliphatic carbocycles. The summed E-state index contributed by atoms with van der Waals surface area (Å²) in [4.78, 5) is 16.8. The SMILES string of the molecule is Cc1ccc(Cc2nc(C(=O)NC(CCO)C3CC3)cs2)cc1. The van der Waals surface area contributed by atoms with E-state index >= 15 is 0 Å². The van der Waals surface area contributed by atoms with Crippen LogP contribution in [0.4, 0.5) is 0 Å². The van der Waals surface area contributed by atoms with Crippen molar-refractivity contribution in [3.63, 3.8) is 0 Å².